The van der Waals surface area contributed by atoms with Crippen LogP contribution in [0.1, 0.15) is 36.0 Å². The molecule has 1 aliphatic carbocycles. The lowest BCUT2D eigenvalue weighted by molar-refractivity contribution is 0.0869. The number of para-hydroxylation sites is 1. The molecule has 4 N–H and O–H groups in total. The lowest BCUT2D eigenvalue weighted by Gasteiger charge is -2.26. The van der Waals surface area contributed by atoms with Crippen molar-refractivity contribution in [1.82, 2.24) is 35.5 Å². The van der Waals surface area contributed by atoms with Crippen LogP contribution in [0.15, 0.2) is 67.1 Å². The van der Waals surface area contributed by atoms with Crippen molar-refractivity contribution in [3.8, 4) is 22.6 Å². The summed E-state index contributed by atoms with van der Waals surface area (Å²) in [5.41, 5.74) is 5.05. The lowest BCUT2D eigenvalue weighted by Crippen LogP contribution is -2.38. The van der Waals surface area contributed by atoms with Crippen molar-refractivity contribution >= 4 is 38.7 Å². The van der Waals surface area contributed by atoms with E-state index in [1.165, 1.54) is 0 Å². The monoisotopic (exact) mass is 503 g/mol. The van der Waals surface area contributed by atoms with Gasteiger partial charge in [0.1, 0.15) is 11.2 Å². The van der Waals surface area contributed by atoms with Crippen LogP contribution < -0.4 is 5.32 Å². The summed E-state index contributed by atoms with van der Waals surface area (Å²) in [5, 5.41) is 23.4. The Morgan fingerprint density at radius 3 is 2.74 bits per heavy atom. The van der Waals surface area contributed by atoms with Crippen LogP contribution in [0, 0.1) is 0 Å². The highest BCUT2D eigenvalue weighted by atomic mass is 16.3. The Bertz CT molecular complexity index is 1810. The van der Waals surface area contributed by atoms with Crippen molar-refractivity contribution < 1.29 is 9.90 Å². The van der Waals surface area contributed by atoms with Gasteiger partial charge in [-0.25, -0.2) is 9.97 Å². The number of hydrogen-bond acceptors (Lipinski definition) is 6. The average molecular weight is 504 g/mol. The zero-order valence-corrected chi connectivity index (χ0v) is 20.5. The van der Waals surface area contributed by atoms with Crippen LogP contribution in [0.5, 0.6) is 0 Å². The number of hydrogen-bond donors (Lipinski definition) is 4. The van der Waals surface area contributed by atoms with E-state index in [0.717, 1.165) is 45.6 Å². The third-order valence-corrected chi connectivity index (χ3v) is 7.41. The Hall–Kier alpha value is -4.63. The van der Waals surface area contributed by atoms with E-state index in [-0.39, 0.29) is 18.1 Å². The normalized spacial score (nSPS) is 17.8. The summed E-state index contributed by atoms with van der Waals surface area (Å²) < 4.78 is 0. The van der Waals surface area contributed by atoms with E-state index in [4.69, 9.17) is 4.98 Å². The second kappa shape index (κ2) is 9.04. The summed E-state index contributed by atoms with van der Waals surface area (Å²) in [6.45, 7) is 0. The minimum atomic E-state index is -0.268. The number of amides is 1. The summed E-state index contributed by atoms with van der Waals surface area (Å²) in [7, 11) is 0. The third-order valence-electron chi connectivity index (χ3n) is 7.41. The van der Waals surface area contributed by atoms with E-state index >= 15 is 0 Å². The number of nitrogens with zero attached hydrogens (tertiary/aromatic N) is 4. The number of pyridine rings is 2. The van der Waals surface area contributed by atoms with E-state index in [0.29, 0.717) is 41.1 Å². The molecule has 0 atom stereocenters. The molecule has 9 heteroatoms. The lowest BCUT2D eigenvalue weighted by atomic mass is 9.93. The van der Waals surface area contributed by atoms with Crippen molar-refractivity contribution in [3.05, 3.63) is 72.7 Å². The summed E-state index contributed by atoms with van der Waals surface area (Å²) in [5.74, 6) is 0.400. The van der Waals surface area contributed by atoms with Gasteiger partial charge in [0.25, 0.3) is 5.91 Å². The molecule has 0 saturated heterocycles. The first-order valence-corrected chi connectivity index (χ1v) is 12.8. The van der Waals surface area contributed by atoms with Crippen LogP contribution in [0.3, 0.4) is 0 Å². The first-order valence-electron chi connectivity index (χ1n) is 12.8. The molecule has 38 heavy (non-hydrogen) atoms. The van der Waals surface area contributed by atoms with Crippen molar-refractivity contribution in [2.75, 3.05) is 0 Å². The fraction of sp³-hybridized carbons (Fsp3) is 0.207. The predicted molar refractivity (Wildman–Crippen MR) is 145 cm³/mol. The van der Waals surface area contributed by atoms with Crippen molar-refractivity contribution in [1.29, 1.82) is 0 Å². The number of H-pyrrole nitrogens is 2. The molecule has 0 aliphatic heterocycles. The average Bonchev–Trinajstić information content (AvgIpc) is 3.57. The van der Waals surface area contributed by atoms with Gasteiger partial charge in [0.05, 0.1) is 22.6 Å². The zero-order valence-electron chi connectivity index (χ0n) is 20.5. The maximum Gasteiger partial charge on any atom is 0.253 e. The molecule has 4 heterocycles. The minimum Gasteiger partial charge on any atom is -0.393 e. The van der Waals surface area contributed by atoms with E-state index in [2.05, 4.69) is 36.5 Å². The Morgan fingerprint density at radius 2 is 1.84 bits per heavy atom. The Balaban J connectivity index is 1.27. The van der Waals surface area contributed by atoms with E-state index in [1.54, 1.807) is 6.07 Å². The molecule has 4 aromatic heterocycles. The van der Waals surface area contributed by atoms with Gasteiger partial charge in [-0.15, -0.1) is 0 Å². The molecule has 188 valence electrons. The number of imidazole rings is 1. The van der Waals surface area contributed by atoms with Crippen molar-refractivity contribution in [3.63, 3.8) is 0 Å². The maximum absolute atomic E-state index is 13.2. The Morgan fingerprint density at radius 1 is 0.974 bits per heavy atom. The molecule has 0 spiro atoms. The molecule has 7 rings (SSSR count). The quantitative estimate of drug-likeness (QED) is 0.274. The highest BCUT2D eigenvalue weighted by Gasteiger charge is 2.23. The summed E-state index contributed by atoms with van der Waals surface area (Å²) in [4.78, 5) is 30.3. The summed E-state index contributed by atoms with van der Waals surface area (Å²) >= 11 is 0. The Kier molecular flexibility index (Phi) is 5.36. The number of carbonyl (C=O) groups excluding carboxylic acids is 1. The van der Waals surface area contributed by atoms with Crippen LogP contribution in [0.4, 0.5) is 0 Å². The molecular formula is C29H25N7O2. The third kappa shape index (κ3) is 3.88. The number of aromatic nitrogens is 6. The predicted octanol–water partition coefficient (Wildman–Crippen LogP) is 4.75. The molecule has 1 saturated carbocycles. The van der Waals surface area contributed by atoms with E-state index in [9.17, 15) is 9.90 Å². The molecule has 0 radical (unpaired) electrons. The van der Waals surface area contributed by atoms with Gasteiger partial charge in [0.2, 0.25) is 0 Å². The zero-order chi connectivity index (χ0) is 25.6. The smallest absolute Gasteiger partial charge is 0.253 e. The minimum absolute atomic E-state index is 0.0582. The largest absolute Gasteiger partial charge is 0.393 e. The number of fused-ring (bicyclic) bond motifs is 3. The first-order chi connectivity index (χ1) is 18.6. The summed E-state index contributed by atoms with van der Waals surface area (Å²) in [6, 6.07) is 15.8. The van der Waals surface area contributed by atoms with Crippen molar-refractivity contribution in [2.24, 2.45) is 0 Å². The fourth-order valence-corrected chi connectivity index (χ4v) is 5.39. The molecule has 0 unspecified atom stereocenters. The second-order valence-electron chi connectivity index (χ2n) is 9.87. The molecule has 2 aromatic carbocycles. The maximum atomic E-state index is 13.2. The molecule has 1 fully saturated rings. The van der Waals surface area contributed by atoms with Gasteiger partial charge in [-0.3, -0.25) is 14.9 Å². The number of carbonyl (C=O) groups is 1. The van der Waals surface area contributed by atoms with E-state index < -0.39 is 0 Å². The molecular weight excluding hydrogens is 478 g/mol. The molecule has 0 bridgehead atoms. The molecule has 1 amide bonds. The van der Waals surface area contributed by atoms with Crippen LogP contribution >= 0.6 is 0 Å². The van der Waals surface area contributed by atoms with Crippen LogP contribution in [0.25, 0.3) is 55.5 Å². The Labute approximate surface area is 217 Å². The standard InChI is InChI=1S/C29H25N7O2/c37-19-10-8-18(9-11-19)32-29(38)21-6-3-7-24-25(21)34-28(33-24)26-22-12-17(14-31-27(22)36-35-26)23-15-30-13-16-4-1-2-5-20(16)23/h1-7,12-15,18-19,37H,8-11H2,(H,32,38)(H,33,34)(H,31,35,36). The number of aliphatic hydroxyl groups is 1. The van der Waals surface area contributed by atoms with Crippen molar-refractivity contribution in [2.45, 2.75) is 37.8 Å². The van der Waals surface area contributed by atoms with Gasteiger partial charge in [0, 0.05) is 41.1 Å². The molecule has 6 aromatic rings. The fourth-order valence-electron chi connectivity index (χ4n) is 5.39. The van der Waals surface area contributed by atoms with Crippen LogP contribution in [-0.2, 0) is 0 Å². The number of aliphatic hydroxyl groups excluding tert-OH is 1. The molecule has 9 nitrogen and oxygen atoms in total. The van der Waals surface area contributed by atoms with Gasteiger partial charge < -0.3 is 15.4 Å². The summed E-state index contributed by atoms with van der Waals surface area (Å²) in [6.07, 6.45) is 8.22. The highest BCUT2D eigenvalue weighted by molar-refractivity contribution is 6.06. The van der Waals surface area contributed by atoms with Crippen LogP contribution in [0.2, 0.25) is 0 Å². The first kappa shape index (κ1) is 22.6. The number of nitrogens with one attached hydrogen (secondary N) is 3. The van der Waals surface area contributed by atoms with Gasteiger partial charge in [-0.05, 0) is 49.3 Å². The van der Waals surface area contributed by atoms with Crippen LogP contribution in [-0.4, -0.2) is 53.3 Å². The number of rotatable bonds is 4. The van der Waals surface area contributed by atoms with Gasteiger partial charge >= 0.3 is 0 Å². The topological polar surface area (TPSA) is 132 Å². The van der Waals surface area contributed by atoms with Gasteiger partial charge in [-0.1, -0.05) is 30.3 Å². The number of aromatic amines is 2. The van der Waals surface area contributed by atoms with E-state index in [1.807, 2.05) is 55.0 Å². The molecule has 1 aliphatic rings. The number of benzene rings is 2. The second-order valence-corrected chi connectivity index (χ2v) is 9.87. The van der Waals surface area contributed by atoms with Gasteiger partial charge in [-0.2, -0.15) is 5.10 Å². The van der Waals surface area contributed by atoms with Gasteiger partial charge in [0.15, 0.2) is 11.5 Å². The SMILES string of the molecule is O=C(NC1CCC(O)CC1)c1cccc2[nH]c(-c3n[nH]c4ncc(-c5cncc6ccccc56)cc34)nc12. The highest BCUT2D eigenvalue weighted by Crippen LogP contribution is 2.32.